The van der Waals surface area contributed by atoms with Gasteiger partial charge in [-0.05, 0) is 17.5 Å². The van der Waals surface area contributed by atoms with Crippen molar-refractivity contribution in [1.82, 2.24) is 10.3 Å². The van der Waals surface area contributed by atoms with Crippen molar-refractivity contribution in [2.24, 2.45) is 11.7 Å². The minimum absolute atomic E-state index is 0.127. The summed E-state index contributed by atoms with van der Waals surface area (Å²) < 4.78 is 5.00. The zero-order valence-corrected chi connectivity index (χ0v) is 10.4. The first-order chi connectivity index (χ1) is 8.04. The highest BCUT2D eigenvalue weighted by Gasteiger charge is 2.16. The molecule has 0 aliphatic carbocycles. The molecule has 0 aliphatic heterocycles. The number of rotatable bonds is 5. The Morgan fingerprint density at radius 3 is 2.88 bits per heavy atom. The molecule has 0 aliphatic rings. The zero-order valence-electron chi connectivity index (χ0n) is 10.4. The molecule has 0 radical (unpaired) electrons. The molecular weight excluding hydrogens is 218 g/mol. The van der Waals surface area contributed by atoms with Crippen LogP contribution in [0.3, 0.4) is 0 Å². The van der Waals surface area contributed by atoms with E-state index in [1.165, 1.54) is 0 Å². The van der Waals surface area contributed by atoms with Gasteiger partial charge >= 0.3 is 0 Å². The number of nitrogens with zero attached hydrogens (tertiary/aromatic N) is 1. The van der Waals surface area contributed by atoms with Gasteiger partial charge in [0.15, 0.2) is 0 Å². The smallest absolute Gasteiger partial charge is 0.237 e. The van der Waals surface area contributed by atoms with Crippen LogP contribution in [0.2, 0.25) is 0 Å². The number of nitrogens with two attached hydrogens (primary N) is 1. The van der Waals surface area contributed by atoms with Crippen LogP contribution in [0.25, 0.3) is 0 Å². The van der Waals surface area contributed by atoms with Gasteiger partial charge < -0.3 is 15.8 Å². The van der Waals surface area contributed by atoms with Crippen LogP contribution in [0, 0.1) is 5.92 Å². The Labute approximate surface area is 101 Å². The van der Waals surface area contributed by atoms with Crippen LogP contribution in [0.5, 0.6) is 5.88 Å². The van der Waals surface area contributed by atoms with Crippen molar-refractivity contribution in [3.05, 3.63) is 23.9 Å². The summed E-state index contributed by atoms with van der Waals surface area (Å²) in [5, 5.41) is 2.78. The van der Waals surface area contributed by atoms with Crippen molar-refractivity contribution in [3.8, 4) is 5.88 Å². The monoisotopic (exact) mass is 237 g/mol. The molecule has 0 unspecified atom stereocenters. The van der Waals surface area contributed by atoms with E-state index in [2.05, 4.69) is 10.3 Å². The van der Waals surface area contributed by atoms with E-state index in [0.717, 1.165) is 5.56 Å². The first-order valence-corrected chi connectivity index (χ1v) is 5.56. The lowest BCUT2D eigenvalue weighted by molar-refractivity contribution is -0.123. The van der Waals surface area contributed by atoms with Gasteiger partial charge in [0.25, 0.3) is 0 Å². The van der Waals surface area contributed by atoms with Crippen LogP contribution in [-0.2, 0) is 11.3 Å². The lowest BCUT2D eigenvalue weighted by Crippen LogP contribution is -2.43. The van der Waals surface area contributed by atoms with Crippen LogP contribution in [0.15, 0.2) is 18.3 Å². The molecule has 1 atom stereocenters. The average Bonchev–Trinajstić information content (AvgIpc) is 2.35. The van der Waals surface area contributed by atoms with E-state index in [1.807, 2.05) is 19.9 Å². The van der Waals surface area contributed by atoms with E-state index in [4.69, 9.17) is 10.5 Å². The van der Waals surface area contributed by atoms with E-state index in [0.29, 0.717) is 12.4 Å². The van der Waals surface area contributed by atoms with Gasteiger partial charge in [0.1, 0.15) is 0 Å². The summed E-state index contributed by atoms with van der Waals surface area (Å²) in [4.78, 5) is 15.6. The molecule has 0 fully saturated rings. The fraction of sp³-hybridized carbons (Fsp3) is 0.500. The summed E-state index contributed by atoms with van der Waals surface area (Å²) in [6.07, 6.45) is 1.64. The largest absolute Gasteiger partial charge is 0.481 e. The Kier molecular flexibility index (Phi) is 4.90. The molecule has 5 nitrogen and oxygen atoms in total. The van der Waals surface area contributed by atoms with Crippen molar-refractivity contribution in [1.29, 1.82) is 0 Å². The number of carbonyl (C=O) groups is 1. The van der Waals surface area contributed by atoms with Crippen molar-refractivity contribution in [2.45, 2.75) is 26.4 Å². The minimum Gasteiger partial charge on any atom is -0.481 e. The maximum Gasteiger partial charge on any atom is 0.237 e. The summed E-state index contributed by atoms with van der Waals surface area (Å²) in [5.41, 5.74) is 6.66. The second-order valence-electron chi connectivity index (χ2n) is 4.19. The van der Waals surface area contributed by atoms with E-state index in [1.54, 1.807) is 19.4 Å². The number of hydrogen-bond donors (Lipinski definition) is 2. The first-order valence-electron chi connectivity index (χ1n) is 5.56. The third-order valence-corrected chi connectivity index (χ3v) is 2.50. The SMILES string of the molecule is COc1cc(CNC(=O)[C@H](N)C(C)C)ccn1. The number of aromatic nitrogens is 1. The molecule has 0 saturated carbocycles. The molecule has 0 bridgehead atoms. The molecule has 5 heteroatoms. The van der Waals surface area contributed by atoms with Gasteiger partial charge in [-0.2, -0.15) is 0 Å². The summed E-state index contributed by atoms with van der Waals surface area (Å²) in [6.45, 7) is 4.26. The first kappa shape index (κ1) is 13.4. The predicted molar refractivity (Wildman–Crippen MR) is 65.4 cm³/mol. The molecule has 1 amide bonds. The van der Waals surface area contributed by atoms with E-state index in [9.17, 15) is 4.79 Å². The maximum atomic E-state index is 11.6. The topological polar surface area (TPSA) is 77.2 Å². The molecule has 1 aromatic rings. The lowest BCUT2D eigenvalue weighted by atomic mass is 10.1. The van der Waals surface area contributed by atoms with Crippen molar-refractivity contribution >= 4 is 5.91 Å². The Hall–Kier alpha value is -1.62. The lowest BCUT2D eigenvalue weighted by Gasteiger charge is -2.15. The van der Waals surface area contributed by atoms with Crippen molar-refractivity contribution in [2.75, 3.05) is 7.11 Å². The third-order valence-electron chi connectivity index (χ3n) is 2.50. The summed E-state index contributed by atoms with van der Waals surface area (Å²) in [7, 11) is 1.55. The average molecular weight is 237 g/mol. The molecule has 1 rings (SSSR count). The molecule has 0 saturated heterocycles. The molecule has 1 aromatic heterocycles. The standard InChI is InChI=1S/C12H19N3O2/c1-8(2)11(13)12(16)15-7-9-4-5-14-10(6-9)17-3/h4-6,8,11H,7,13H2,1-3H3,(H,15,16)/t11-/m1/s1. The molecule has 1 heterocycles. The fourth-order valence-corrected chi connectivity index (χ4v) is 1.28. The summed E-state index contributed by atoms with van der Waals surface area (Å²) in [6, 6.07) is 3.13. The maximum absolute atomic E-state index is 11.6. The molecule has 94 valence electrons. The number of hydrogen-bond acceptors (Lipinski definition) is 4. The van der Waals surface area contributed by atoms with Crippen LogP contribution < -0.4 is 15.8 Å². The van der Waals surface area contributed by atoms with Crippen LogP contribution in [0.1, 0.15) is 19.4 Å². The quantitative estimate of drug-likeness (QED) is 0.790. The number of ether oxygens (including phenoxy) is 1. The Balaban J connectivity index is 2.52. The van der Waals surface area contributed by atoms with Crippen molar-refractivity contribution < 1.29 is 9.53 Å². The van der Waals surface area contributed by atoms with Crippen LogP contribution in [0.4, 0.5) is 0 Å². The summed E-state index contributed by atoms with van der Waals surface area (Å²) in [5.74, 6) is 0.516. The minimum atomic E-state index is -0.473. The molecule has 0 spiro atoms. The molecule has 0 aromatic carbocycles. The van der Waals surface area contributed by atoms with E-state index >= 15 is 0 Å². The number of pyridine rings is 1. The van der Waals surface area contributed by atoms with Gasteiger partial charge in [-0.15, -0.1) is 0 Å². The van der Waals surface area contributed by atoms with Crippen molar-refractivity contribution in [3.63, 3.8) is 0 Å². The highest BCUT2D eigenvalue weighted by Crippen LogP contribution is 2.08. The van der Waals surface area contributed by atoms with Crippen LogP contribution >= 0.6 is 0 Å². The van der Waals surface area contributed by atoms with E-state index < -0.39 is 6.04 Å². The Bertz CT molecular complexity index is 380. The Morgan fingerprint density at radius 2 is 2.29 bits per heavy atom. The number of nitrogens with one attached hydrogen (secondary N) is 1. The number of carbonyl (C=O) groups excluding carboxylic acids is 1. The second-order valence-corrected chi connectivity index (χ2v) is 4.19. The number of methoxy groups -OCH3 is 1. The zero-order chi connectivity index (χ0) is 12.8. The Morgan fingerprint density at radius 1 is 1.59 bits per heavy atom. The van der Waals surface area contributed by atoms with Gasteiger partial charge in [0.2, 0.25) is 11.8 Å². The van der Waals surface area contributed by atoms with Gasteiger partial charge in [-0.1, -0.05) is 13.8 Å². The van der Waals surface area contributed by atoms with Gasteiger partial charge in [0.05, 0.1) is 13.2 Å². The number of amides is 1. The fourth-order valence-electron chi connectivity index (χ4n) is 1.28. The third kappa shape index (κ3) is 4.03. The second kappa shape index (κ2) is 6.20. The highest BCUT2D eigenvalue weighted by molar-refractivity contribution is 5.81. The molecule has 3 N–H and O–H groups in total. The predicted octanol–water partition coefficient (Wildman–Crippen LogP) is 0.690. The van der Waals surface area contributed by atoms with Crippen LogP contribution in [-0.4, -0.2) is 24.0 Å². The highest BCUT2D eigenvalue weighted by atomic mass is 16.5. The summed E-state index contributed by atoms with van der Waals surface area (Å²) >= 11 is 0. The van der Waals surface area contributed by atoms with Gasteiger partial charge in [-0.3, -0.25) is 4.79 Å². The van der Waals surface area contributed by atoms with E-state index in [-0.39, 0.29) is 11.8 Å². The van der Waals surface area contributed by atoms with Gasteiger partial charge in [-0.25, -0.2) is 4.98 Å². The normalized spacial score (nSPS) is 12.3. The van der Waals surface area contributed by atoms with Gasteiger partial charge in [0, 0.05) is 18.8 Å². The molecule has 17 heavy (non-hydrogen) atoms. The molecular formula is C12H19N3O2.